The molecule has 0 amide bonds. The van der Waals surface area contributed by atoms with Gasteiger partial charge in [-0.05, 0) is 60.6 Å². The van der Waals surface area contributed by atoms with Crippen molar-refractivity contribution >= 4 is 50.5 Å². The van der Waals surface area contributed by atoms with Gasteiger partial charge in [0, 0.05) is 5.41 Å². The fourth-order valence-corrected chi connectivity index (χ4v) is 3.71. The molecule has 3 rings (SSSR count). The molecule has 1 aliphatic rings. The van der Waals surface area contributed by atoms with E-state index in [9.17, 15) is 0 Å². The first-order chi connectivity index (χ1) is 12.3. The maximum atomic E-state index is 5.40. The number of hydrogen-bond acceptors (Lipinski definition) is 2. The lowest BCUT2D eigenvalue weighted by Crippen LogP contribution is -2.12. The molecule has 1 unspecified atom stereocenters. The van der Waals surface area contributed by atoms with Gasteiger partial charge in [-0.15, -0.1) is 47.3 Å². The van der Waals surface area contributed by atoms with Crippen LogP contribution in [0.15, 0.2) is 36.4 Å². The highest BCUT2D eigenvalue weighted by molar-refractivity contribution is 9.69. The molecule has 1 aliphatic carbocycles. The Bertz CT molecular complexity index is 708. The summed E-state index contributed by atoms with van der Waals surface area (Å²) in [7, 11) is 3.45. The molecule has 26 heavy (non-hydrogen) atoms. The Morgan fingerprint density at radius 2 is 1.23 bits per heavy atom. The molecule has 0 saturated heterocycles. The molecular formula is C20H24BBr3O2. The van der Waals surface area contributed by atoms with E-state index in [1.165, 1.54) is 28.7 Å². The van der Waals surface area contributed by atoms with Gasteiger partial charge in [-0.1, -0.05) is 31.2 Å². The van der Waals surface area contributed by atoms with Crippen molar-refractivity contribution < 1.29 is 9.47 Å². The standard InChI is InChI=1S/C20H24O2.BBr3/c1-13-10-16(6-8-18(13)21-4)20(12-15(20)3)17-7-9-19(22-5)14(2)11-17;2-1(3)4/h6-11,15H,12H2,1-5H3;. The second-order valence-electron chi connectivity index (χ2n) is 6.69. The van der Waals surface area contributed by atoms with Crippen LogP contribution in [0.5, 0.6) is 11.5 Å². The lowest BCUT2D eigenvalue weighted by atomic mass is 9.84. The van der Waals surface area contributed by atoms with E-state index in [1.54, 1.807) is 14.2 Å². The highest BCUT2D eigenvalue weighted by Gasteiger charge is 2.53. The summed E-state index contributed by atoms with van der Waals surface area (Å²) in [6.07, 6.45) is 1.20. The van der Waals surface area contributed by atoms with E-state index in [1.807, 2.05) is 0 Å². The largest absolute Gasteiger partial charge is 0.496 e. The quantitative estimate of drug-likeness (QED) is 0.393. The summed E-state index contributed by atoms with van der Waals surface area (Å²) in [5, 5.41) is 0. The van der Waals surface area contributed by atoms with Crippen LogP contribution >= 0.6 is 47.3 Å². The number of benzene rings is 2. The smallest absolute Gasteiger partial charge is 0.369 e. The number of aryl methyl sites for hydroxylation is 2. The normalized spacial score (nSPS) is 17.0. The van der Waals surface area contributed by atoms with Crippen LogP contribution in [-0.2, 0) is 5.41 Å². The third-order valence-electron chi connectivity index (χ3n) is 5.13. The van der Waals surface area contributed by atoms with E-state index >= 15 is 0 Å². The van der Waals surface area contributed by atoms with Crippen molar-refractivity contribution in [3.63, 3.8) is 0 Å². The average Bonchev–Trinajstić information content (AvgIpc) is 3.26. The Morgan fingerprint density at radius 3 is 1.46 bits per heavy atom. The van der Waals surface area contributed by atoms with Crippen LogP contribution in [0.1, 0.15) is 35.6 Å². The Hall–Kier alpha value is -0.455. The summed E-state index contributed by atoms with van der Waals surface area (Å²) >= 11 is 9.31. The van der Waals surface area contributed by atoms with E-state index in [4.69, 9.17) is 9.47 Å². The van der Waals surface area contributed by atoms with Gasteiger partial charge in [0.05, 0.1) is 14.2 Å². The highest BCUT2D eigenvalue weighted by Crippen LogP contribution is 2.59. The first kappa shape index (κ1) is 21.8. The Labute approximate surface area is 182 Å². The molecule has 0 heterocycles. The van der Waals surface area contributed by atoms with Crippen LogP contribution in [-0.4, -0.2) is 17.4 Å². The van der Waals surface area contributed by atoms with Crippen molar-refractivity contribution in [2.45, 2.75) is 32.6 Å². The number of hydrogen-bond donors (Lipinski definition) is 0. The molecule has 1 fully saturated rings. The van der Waals surface area contributed by atoms with Crippen LogP contribution in [0.3, 0.4) is 0 Å². The average molecular weight is 547 g/mol. The summed E-state index contributed by atoms with van der Waals surface area (Å²) in [4.78, 5) is 0. The molecule has 1 atom stereocenters. The molecule has 0 bridgehead atoms. The third kappa shape index (κ3) is 4.68. The summed E-state index contributed by atoms with van der Waals surface area (Å²) in [6, 6.07) is 13.2. The fourth-order valence-electron chi connectivity index (χ4n) is 3.71. The first-order valence-electron chi connectivity index (χ1n) is 8.48. The van der Waals surface area contributed by atoms with E-state index in [-0.39, 0.29) is 8.60 Å². The highest BCUT2D eigenvalue weighted by atomic mass is 79.9. The zero-order valence-corrected chi connectivity index (χ0v) is 20.5. The minimum atomic E-state index is 0.147. The van der Waals surface area contributed by atoms with Gasteiger partial charge in [-0.2, -0.15) is 0 Å². The van der Waals surface area contributed by atoms with Crippen LogP contribution in [0.4, 0.5) is 0 Å². The minimum Gasteiger partial charge on any atom is -0.496 e. The Balaban J connectivity index is 0.000000552. The van der Waals surface area contributed by atoms with Gasteiger partial charge < -0.3 is 9.47 Å². The zero-order chi connectivity index (χ0) is 19.5. The number of halogens is 3. The first-order valence-corrected chi connectivity index (χ1v) is 11.2. The van der Waals surface area contributed by atoms with Gasteiger partial charge in [0.25, 0.3) is 0 Å². The fraction of sp³-hybridized carbons (Fsp3) is 0.400. The minimum absolute atomic E-state index is 0.147. The number of rotatable bonds is 4. The van der Waals surface area contributed by atoms with E-state index in [0.29, 0.717) is 5.92 Å². The van der Waals surface area contributed by atoms with Crippen LogP contribution in [0.25, 0.3) is 0 Å². The number of methoxy groups -OCH3 is 2. The van der Waals surface area contributed by atoms with E-state index < -0.39 is 0 Å². The summed E-state index contributed by atoms with van der Waals surface area (Å²) < 4.78 is 11.1. The molecule has 0 aliphatic heterocycles. The zero-order valence-electron chi connectivity index (χ0n) is 15.8. The molecule has 2 nitrogen and oxygen atoms in total. The number of ether oxygens (including phenoxy) is 2. The molecule has 0 aromatic heterocycles. The molecule has 2 aromatic rings. The molecule has 0 radical (unpaired) electrons. The van der Waals surface area contributed by atoms with Crippen LogP contribution in [0, 0.1) is 19.8 Å². The maximum Gasteiger partial charge on any atom is 0.369 e. The van der Waals surface area contributed by atoms with Crippen molar-refractivity contribution in [2.24, 2.45) is 5.92 Å². The molecule has 6 heteroatoms. The second-order valence-corrected chi connectivity index (χ2v) is 13.1. The third-order valence-corrected chi connectivity index (χ3v) is 5.13. The van der Waals surface area contributed by atoms with Crippen LogP contribution < -0.4 is 9.47 Å². The lowest BCUT2D eigenvalue weighted by Gasteiger charge is -2.21. The maximum absolute atomic E-state index is 5.40. The van der Waals surface area contributed by atoms with Crippen LogP contribution in [0.2, 0.25) is 0 Å². The molecular weight excluding hydrogens is 523 g/mol. The molecule has 2 aromatic carbocycles. The van der Waals surface area contributed by atoms with Crippen molar-refractivity contribution in [3.05, 3.63) is 58.7 Å². The van der Waals surface area contributed by atoms with Crippen molar-refractivity contribution in [3.8, 4) is 11.5 Å². The summed E-state index contributed by atoms with van der Waals surface area (Å²) in [6.45, 7) is 6.56. The lowest BCUT2D eigenvalue weighted by molar-refractivity contribution is 0.411. The van der Waals surface area contributed by atoms with Gasteiger partial charge in [0.2, 0.25) is 0 Å². The predicted molar refractivity (Wildman–Crippen MR) is 123 cm³/mol. The molecule has 1 saturated carbocycles. The van der Waals surface area contributed by atoms with Gasteiger partial charge in [-0.25, -0.2) is 0 Å². The summed E-state index contributed by atoms with van der Waals surface area (Å²) in [5.74, 6) is 2.57. The summed E-state index contributed by atoms with van der Waals surface area (Å²) in [5.41, 5.74) is 5.33. The Kier molecular flexibility index (Phi) is 7.69. The molecule has 140 valence electrons. The topological polar surface area (TPSA) is 18.5 Å². The Morgan fingerprint density at radius 1 is 0.885 bits per heavy atom. The van der Waals surface area contributed by atoms with Gasteiger partial charge in [-0.3, -0.25) is 0 Å². The van der Waals surface area contributed by atoms with Gasteiger partial charge >= 0.3 is 3.18 Å². The second kappa shape index (κ2) is 9.16. The molecule has 0 N–H and O–H groups in total. The SMILES string of the molecule is BrB(Br)Br.COc1ccc(C2(c3ccc(OC)c(C)c3)CC2C)cc1C. The van der Waals surface area contributed by atoms with Crippen molar-refractivity contribution in [2.75, 3.05) is 14.2 Å². The molecule has 0 spiro atoms. The van der Waals surface area contributed by atoms with Crippen molar-refractivity contribution in [1.82, 2.24) is 0 Å². The van der Waals surface area contributed by atoms with Gasteiger partial charge in [0.1, 0.15) is 11.5 Å². The van der Waals surface area contributed by atoms with E-state index in [2.05, 4.69) is 104 Å². The monoisotopic (exact) mass is 544 g/mol. The predicted octanol–water partition coefficient (Wildman–Crippen LogP) is 6.80. The van der Waals surface area contributed by atoms with E-state index in [0.717, 1.165) is 11.5 Å². The van der Waals surface area contributed by atoms with Crippen molar-refractivity contribution in [1.29, 1.82) is 0 Å². The van der Waals surface area contributed by atoms with Gasteiger partial charge in [0.15, 0.2) is 0 Å².